The van der Waals surface area contributed by atoms with Gasteiger partial charge in [0.05, 0.1) is 12.5 Å². The van der Waals surface area contributed by atoms with Crippen molar-refractivity contribution in [1.29, 1.82) is 0 Å². The number of carbonyl (C=O) groups is 2. The molecular weight excluding hydrogens is 404 g/mol. The van der Waals surface area contributed by atoms with Crippen LogP contribution in [0, 0.1) is 0 Å². The van der Waals surface area contributed by atoms with Gasteiger partial charge in [0.2, 0.25) is 17.7 Å². The van der Waals surface area contributed by atoms with Crippen LogP contribution in [0.25, 0.3) is 12.2 Å². The molecule has 30 heavy (non-hydrogen) atoms. The van der Waals surface area contributed by atoms with Gasteiger partial charge in [-0.3, -0.25) is 9.59 Å². The van der Waals surface area contributed by atoms with E-state index in [1.54, 1.807) is 24.7 Å². The maximum atomic E-state index is 12.6. The van der Waals surface area contributed by atoms with Gasteiger partial charge in [0.1, 0.15) is 11.8 Å². The van der Waals surface area contributed by atoms with Crippen LogP contribution in [-0.2, 0) is 21.4 Å². The Morgan fingerprint density at radius 3 is 2.67 bits per heavy atom. The number of anilines is 1. The van der Waals surface area contributed by atoms with Crippen LogP contribution in [-0.4, -0.2) is 37.8 Å². The fourth-order valence-electron chi connectivity index (χ4n) is 2.55. The summed E-state index contributed by atoms with van der Waals surface area (Å²) in [6.07, 6.45) is 10.4. The molecule has 158 valence electrons. The van der Waals surface area contributed by atoms with Gasteiger partial charge in [-0.15, -0.1) is 0 Å². The topological polar surface area (TPSA) is 126 Å². The van der Waals surface area contributed by atoms with E-state index < -0.39 is 6.04 Å². The Labute approximate surface area is 178 Å². The minimum Gasteiger partial charge on any atom is -0.441 e. The smallest absolute Gasteiger partial charge is 0.249 e. The van der Waals surface area contributed by atoms with E-state index in [1.165, 1.54) is 24.6 Å². The summed E-state index contributed by atoms with van der Waals surface area (Å²) in [6, 6.07) is -0.742. The number of hydrogen-bond acceptors (Lipinski definition) is 7. The Morgan fingerprint density at radius 2 is 2.03 bits per heavy atom. The lowest BCUT2D eigenvalue weighted by Crippen LogP contribution is -2.44. The van der Waals surface area contributed by atoms with Crippen molar-refractivity contribution < 1.29 is 14.0 Å². The average Bonchev–Trinajstić information content (AvgIpc) is 3.40. The minimum absolute atomic E-state index is 0.109. The molecule has 3 rings (SSSR count). The molecule has 3 heterocycles. The zero-order chi connectivity index (χ0) is 21.7. The third-order valence-electron chi connectivity index (χ3n) is 4.08. The van der Waals surface area contributed by atoms with Crippen LogP contribution in [0.3, 0.4) is 0 Å². The monoisotopic (exact) mass is 428 g/mol. The molecule has 9 nitrogen and oxygen atoms in total. The number of carbonyl (C=O) groups excluding carboxylic acids is 2. The van der Waals surface area contributed by atoms with Gasteiger partial charge in [-0.2, -0.15) is 0 Å². The lowest BCUT2D eigenvalue weighted by Gasteiger charge is -2.15. The number of hydrogen-bond donors (Lipinski definition) is 3. The molecule has 0 radical (unpaired) electrons. The highest BCUT2D eigenvalue weighted by Gasteiger charge is 2.22. The molecule has 0 spiro atoms. The van der Waals surface area contributed by atoms with Gasteiger partial charge in [-0.05, 0) is 6.08 Å². The number of nitrogens with one attached hydrogen (secondary N) is 3. The standard InChI is InChI=1S/C20H24N6O3S/c1-12(27)25-15(7-13-8-21-11-24-13)18(28)26-19-23-9-14(30-19)5-6-17-22-10-16(29-17)20(2,3)4/h5-6,8-11,15H,7H2,1-4H3,(H,21,24)(H,25,27)(H,23,26,28). The van der Waals surface area contributed by atoms with E-state index in [-0.39, 0.29) is 17.2 Å². The number of oxazole rings is 1. The van der Waals surface area contributed by atoms with Crippen molar-refractivity contribution in [1.82, 2.24) is 25.3 Å². The van der Waals surface area contributed by atoms with Crippen LogP contribution in [0.5, 0.6) is 0 Å². The fraction of sp³-hybridized carbons (Fsp3) is 0.350. The summed E-state index contributed by atoms with van der Waals surface area (Å²) in [5.74, 6) is 0.662. The Bertz CT molecular complexity index is 1030. The number of H-pyrrole nitrogens is 1. The third-order valence-corrected chi connectivity index (χ3v) is 4.96. The molecule has 0 saturated heterocycles. The summed E-state index contributed by atoms with van der Waals surface area (Å²) < 4.78 is 5.73. The van der Waals surface area contributed by atoms with Crippen LogP contribution >= 0.6 is 11.3 Å². The molecule has 0 saturated carbocycles. The first-order chi connectivity index (χ1) is 14.2. The predicted octanol–water partition coefficient (Wildman–Crippen LogP) is 3.01. The van der Waals surface area contributed by atoms with Crippen molar-refractivity contribution in [3.05, 3.63) is 47.1 Å². The molecule has 2 amide bonds. The highest BCUT2D eigenvalue weighted by molar-refractivity contribution is 7.16. The molecule has 0 aliphatic carbocycles. The number of amides is 2. The lowest BCUT2D eigenvalue weighted by molar-refractivity contribution is -0.125. The van der Waals surface area contributed by atoms with Crippen molar-refractivity contribution >= 4 is 40.4 Å². The molecule has 10 heteroatoms. The molecule has 1 unspecified atom stereocenters. The van der Waals surface area contributed by atoms with E-state index in [0.29, 0.717) is 17.4 Å². The number of rotatable bonds is 7. The Kier molecular flexibility index (Phi) is 6.46. The summed E-state index contributed by atoms with van der Waals surface area (Å²) in [6.45, 7) is 7.53. The first-order valence-corrected chi connectivity index (χ1v) is 10.2. The maximum absolute atomic E-state index is 12.6. The average molecular weight is 429 g/mol. The van der Waals surface area contributed by atoms with Gasteiger partial charge in [-0.1, -0.05) is 32.1 Å². The van der Waals surface area contributed by atoms with Crippen LogP contribution in [0.2, 0.25) is 0 Å². The lowest BCUT2D eigenvalue weighted by atomic mass is 9.94. The Balaban J connectivity index is 1.63. The fourth-order valence-corrected chi connectivity index (χ4v) is 3.27. The molecule has 0 aliphatic rings. The maximum Gasteiger partial charge on any atom is 0.249 e. The van der Waals surface area contributed by atoms with Crippen LogP contribution < -0.4 is 10.6 Å². The third kappa shape index (κ3) is 5.86. The van der Waals surface area contributed by atoms with E-state index in [1.807, 2.05) is 6.08 Å². The Hall–Kier alpha value is -3.27. The summed E-state index contributed by atoms with van der Waals surface area (Å²) in [7, 11) is 0. The van der Waals surface area contributed by atoms with Gasteiger partial charge in [0.25, 0.3) is 0 Å². The molecule has 3 N–H and O–H groups in total. The number of nitrogens with zero attached hydrogens (tertiary/aromatic N) is 3. The van der Waals surface area contributed by atoms with Gasteiger partial charge in [0, 0.05) is 47.8 Å². The van der Waals surface area contributed by atoms with E-state index >= 15 is 0 Å². The van der Waals surface area contributed by atoms with E-state index in [4.69, 9.17) is 4.42 Å². The zero-order valence-electron chi connectivity index (χ0n) is 17.2. The minimum atomic E-state index is -0.742. The van der Waals surface area contributed by atoms with E-state index in [0.717, 1.165) is 16.3 Å². The second kappa shape index (κ2) is 9.04. The van der Waals surface area contributed by atoms with Crippen molar-refractivity contribution in [2.75, 3.05) is 5.32 Å². The number of aromatic amines is 1. The zero-order valence-corrected chi connectivity index (χ0v) is 18.0. The molecule has 3 aromatic rings. The van der Waals surface area contributed by atoms with Gasteiger partial charge in [0.15, 0.2) is 5.13 Å². The molecule has 1 atom stereocenters. The first-order valence-electron chi connectivity index (χ1n) is 9.36. The molecule has 0 aliphatic heterocycles. The molecule has 0 aromatic carbocycles. The van der Waals surface area contributed by atoms with Crippen LogP contribution in [0.1, 0.15) is 49.9 Å². The number of thiazole rings is 1. The quantitative estimate of drug-likeness (QED) is 0.531. The van der Waals surface area contributed by atoms with Crippen LogP contribution in [0.15, 0.2) is 29.3 Å². The summed E-state index contributed by atoms with van der Waals surface area (Å²) in [5, 5.41) is 5.83. The summed E-state index contributed by atoms with van der Waals surface area (Å²) in [4.78, 5) is 40.3. The van der Waals surface area contributed by atoms with Crippen molar-refractivity contribution in [3.8, 4) is 0 Å². The van der Waals surface area contributed by atoms with Gasteiger partial charge < -0.3 is 20.0 Å². The highest BCUT2D eigenvalue weighted by atomic mass is 32.1. The Morgan fingerprint density at radius 1 is 1.23 bits per heavy atom. The molecular formula is C20H24N6O3S. The van der Waals surface area contributed by atoms with Crippen molar-refractivity contribution in [2.24, 2.45) is 0 Å². The van der Waals surface area contributed by atoms with Crippen molar-refractivity contribution in [2.45, 2.75) is 45.6 Å². The second-order valence-corrected chi connectivity index (χ2v) is 8.80. The summed E-state index contributed by atoms with van der Waals surface area (Å²) >= 11 is 1.30. The van der Waals surface area contributed by atoms with Crippen LogP contribution in [0.4, 0.5) is 5.13 Å². The SMILES string of the molecule is CC(=O)NC(Cc1cnc[nH]1)C(=O)Nc1ncc(C=Cc2ncc(C(C)(C)C)o2)s1. The van der Waals surface area contributed by atoms with E-state index in [9.17, 15) is 9.59 Å². The molecule has 0 fully saturated rings. The molecule has 3 aromatic heterocycles. The summed E-state index contributed by atoms with van der Waals surface area (Å²) in [5.41, 5.74) is 0.633. The van der Waals surface area contributed by atoms with E-state index in [2.05, 4.69) is 51.3 Å². The predicted molar refractivity (Wildman–Crippen MR) is 115 cm³/mol. The normalized spacial score (nSPS) is 12.8. The second-order valence-electron chi connectivity index (χ2n) is 7.74. The van der Waals surface area contributed by atoms with Crippen molar-refractivity contribution in [3.63, 3.8) is 0 Å². The number of aromatic nitrogens is 4. The van der Waals surface area contributed by atoms with Gasteiger partial charge >= 0.3 is 0 Å². The largest absolute Gasteiger partial charge is 0.441 e. The van der Waals surface area contributed by atoms with Gasteiger partial charge in [-0.25, -0.2) is 15.0 Å². The first kappa shape index (κ1) is 21.4. The highest BCUT2D eigenvalue weighted by Crippen LogP contribution is 2.24. The molecule has 0 bridgehead atoms. The number of imidazole rings is 1.